The van der Waals surface area contributed by atoms with Gasteiger partial charge >= 0.3 is 0 Å². The van der Waals surface area contributed by atoms with E-state index in [2.05, 4.69) is 10.4 Å². The summed E-state index contributed by atoms with van der Waals surface area (Å²) < 4.78 is 15.2. The Balaban J connectivity index is 2.23. The summed E-state index contributed by atoms with van der Waals surface area (Å²) in [4.78, 5) is 11.8. The minimum Gasteiger partial charge on any atom is -0.319 e. The maximum atomic E-state index is 13.7. The molecular formula is C12H12FN3O. The third kappa shape index (κ3) is 2.33. The lowest BCUT2D eigenvalue weighted by Crippen LogP contribution is -2.13. The molecule has 1 amide bonds. The van der Waals surface area contributed by atoms with Crippen LogP contribution in [0.1, 0.15) is 15.9 Å². The Morgan fingerprint density at radius 1 is 1.47 bits per heavy atom. The lowest BCUT2D eigenvalue weighted by Gasteiger charge is -2.05. The minimum absolute atomic E-state index is 0.0360. The molecule has 0 aliphatic carbocycles. The first-order valence-electron chi connectivity index (χ1n) is 5.13. The number of hydrogen-bond acceptors (Lipinski definition) is 2. The summed E-state index contributed by atoms with van der Waals surface area (Å²) in [5.41, 5.74) is 1.02. The topological polar surface area (TPSA) is 46.9 Å². The quantitative estimate of drug-likeness (QED) is 0.863. The van der Waals surface area contributed by atoms with Gasteiger partial charge in [-0.2, -0.15) is 5.10 Å². The number of anilines is 1. The first-order chi connectivity index (χ1) is 8.08. The molecule has 0 spiro atoms. The number of nitrogens with one attached hydrogen (secondary N) is 1. The lowest BCUT2D eigenvalue weighted by atomic mass is 10.1. The SMILES string of the molecule is Cc1cccc(C(=O)Nc2cnn(C)c2)c1F. The number of rotatable bonds is 2. The molecule has 1 heterocycles. The maximum absolute atomic E-state index is 13.7. The minimum atomic E-state index is -0.492. The Kier molecular flexibility index (Phi) is 2.91. The fourth-order valence-corrected chi connectivity index (χ4v) is 1.51. The molecule has 0 aliphatic heterocycles. The van der Waals surface area contributed by atoms with Gasteiger partial charge in [0, 0.05) is 13.2 Å². The molecule has 17 heavy (non-hydrogen) atoms. The van der Waals surface area contributed by atoms with Crippen molar-refractivity contribution in [2.45, 2.75) is 6.92 Å². The van der Waals surface area contributed by atoms with Crippen molar-refractivity contribution in [2.75, 3.05) is 5.32 Å². The Morgan fingerprint density at radius 3 is 2.88 bits per heavy atom. The molecule has 5 heteroatoms. The predicted molar refractivity (Wildman–Crippen MR) is 62.3 cm³/mol. The zero-order valence-electron chi connectivity index (χ0n) is 9.57. The summed E-state index contributed by atoms with van der Waals surface area (Å²) >= 11 is 0. The molecule has 2 rings (SSSR count). The molecule has 1 N–H and O–H groups in total. The maximum Gasteiger partial charge on any atom is 0.258 e. The standard InChI is InChI=1S/C12H12FN3O/c1-8-4-3-5-10(11(8)13)12(17)15-9-6-14-16(2)7-9/h3-7H,1-2H3,(H,15,17). The van der Waals surface area contributed by atoms with E-state index in [0.29, 0.717) is 11.3 Å². The van der Waals surface area contributed by atoms with E-state index < -0.39 is 11.7 Å². The van der Waals surface area contributed by atoms with Crippen LogP contribution in [0.25, 0.3) is 0 Å². The highest BCUT2D eigenvalue weighted by molar-refractivity contribution is 6.04. The molecule has 0 atom stereocenters. The summed E-state index contributed by atoms with van der Waals surface area (Å²) in [6.45, 7) is 1.62. The molecular weight excluding hydrogens is 221 g/mol. The van der Waals surface area contributed by atoms with Crippen LogP contribution in [0.15, 0.2) is 30.6 Å². The third-order valence-electron chi connectivity index (χ3n) is 2.40. The molecule has 0 aliphatic rings. The predicted octanol–water partition coefficient (Wildman–Crippen LogP) is 2.12. The zero-order valence-corrected chi connectivity index (χ0v) is 9.57. The van der Waals surface area contributed by atoms with Gasteiger partial charge in [-0.1, -0.05) is 12.1 Å². The highest BCUT2D eigenvalue weighted by Gasteiger charge is 2.13. The molecule has 1 aromatic carbocycles. The number of aromatic nitrogens is 2. The zero-order chi connectivity index (χ0) is 12.4. The van der Waals surface area contributed by atoms with Gasteiger partial charge in [0.15, 0.2) is 0 Å². The van der Waals surface area contributed by atoms with Crippen molar-refractivity contribution in [1.82, 2.24) is 9.78 Å². The first kappa shape index (κ1) is 11.3. The van der Waals surface area contributed by atoms with Crippen molar-refractivity contribution in [3.8, 4) is 0 Å². The van der Waals surface area contributed by atoms with Crippen molar-refractivity contribution < 1.29 is 9.18 Å². The molecule has 1 aromatic heterocycles. The molecule has 0 fully saturated rings. The molecule has 0 bridgehead atoms. The summed E-state index contributed by atoms with van der Waals surface area (Å²) in [6, 6.07) is 4.72. The van der Waals surface area contributed by atoms with E-state index in [9.17, 15) is 9.18 Å². The van der Waals surface area contributed by atoms with Crippen LogP contribution < -0.4 is 5.32 Å². The summed E-state index contributed by atoms with van der Waals surface area (Å²) in [5.74, 6) is -0.965. The second kappa shape index (κ2) is 4.37. The Hall–Kier alpha value is -2.17. The number of aryl methyl sites for hydroxylation is 2. The smallest absolute Gasteiger partial charge is 0.258 e. The van der Waals surface area contributed by atoms with Crippen LogP contribution in [-0.4, -0.2) is 15.7 Å². The van der Waals surface area contributed by atoms with Gasteiger partial charge < -0.3 is 5.32 Å². The Labute approximate surface area is 98.1 Å². The first-order valence-corrected chi connectivity index (χ1v) is 5.13. The molecule has 0 unspecified atom stereocenters. The van der Waals surface area contributed by atoms with Gasteiger partial charge in [-0.15, -0.1) is 0 Å². The van der Waals surface area contributed by atoms with E-state index >= 15 is 0 Å². The van der Waals surface area contributed by atoms with Crippen LogP contribution in [0, 0.1) is 12.7 Å². The number of nitrogens with zero attached hydrogens (tertiary/aromatic N) is 2. The van der Waals surface area contributed by atoms with E-state index in [4.69, 9.17) is 0 Å². The van der Waals surface area contributed by atoms with E-state index in [-0.39, 0.29) is 5.56 Å². The van der Waals surface area contributed by atoms with Crippen LogP contribution >= 0.6 is 0 Å². The molecule has 2 aromatic rings. The third-order valence-corrected chi connectivity index (χ3v) is 2.40. The summed E-state index contributed by atoms with van der Waals surface area (Å²) in [5, 5.41) is 6.50. The largest absolute Gasteiger partial charge is 0.319 e. The average molecular weight is 233 g/mol. The molecule has 0 saturated heterocycles. The van der Waals surface area contributed by atoms with E-state index in [1.807, 2.05) is 0 Å². The molecule has 4 nitrogen and oxygen atoms in total. The number of carbonyl (C=O) groups is 1. The summed E-state index contributed by atoms with van der Waals surface area (Å²) in [7, 11) is 1.74. The van der Waals surface area contributed by atoms with E-state index in [0.717, 1.165) is 0 Å². The average Bonchev–Trinajstić information content (AvgIpc) is 2.68. The van der Waals surface area contributed by atoms with Gasteiger partial charge in [-0.05, 0) is 18.6 Å². The van der Waals surface area contributed by atoms with Crippen LogP contribution in [0.3, 0.4) is 0 Å². The number of halogens is 1. The van der Waals surface area contributed by atoms with Crippen molar-refractivity contribution in [1.29, 1.82) is 0 Å². The lowest BCUT2D eigenvalue weighted by molar-refractivity contribution is 0.102. The van der Waals surface area contributed by atoms with Gasteiger partial charge in [0.2, 0.25) is 0 Å². The summed E-state index contributed by atoms with van der Waals surface area (Å²) in [6.07, 6.45) is 3.15. The highest BCUT2D eigenvalue weighted by atomic mass is 19.1. The Morgan fingerprint density at radius 2 is 2.24 bits per heavy atom. The second-order valence-corrected chi connectivity index (χ2v) is 3.79. The van der Waals surface area contributed by atoms with Crippen molar-refractivity contribution in [3.05, 3.63) is 47.5 Å². The monoisotopic (exact) mass is 233 g/mol. The molecule has 0 saturated carbocycles. The highest BCUT2D eigenvalue weighted by Crippen LogP contribution is 2.14. The van der Waals surface area contributed by atoms with Gasteiger partial charge in [-0.3, -0.25) is 9.48 Å². The molecule has 88 valence electrons. The van der Waals surface area contributed by atoms with Crippen LogP contribution in [0.2, 0.25) is 0 Å². The van der Waals surface area contributed by atoms with Crippen LogP contribution in [0.5, 0.6) is 0 Å². The number of carbonyl (C=O) groups excluding carboxylic acids is 1. The number of amides is 1. The van der Waals surface area contributed by atoms with Crippen molar-refractivity contribution >= 4 is 11.6 Å². The number of hydrogen-bond donors (Lipinski definition) is 1. The van der Waals surface area contributed by atoms with Gasteiger partial charge in [-0.25, -0.2) is 4.39 Å². The fraction of sp³-hybridized carbons (Fsp3) is 0.167. The van der Waals surface area contributed by atoms with Crippen LogP contribution in [-0.2, 0) is 7.05 Å². The van der Waals surface area contributed by atoms with Crippen LogP contribution in [0.4, 0.5) is 10.1 Å². The normalized spacial score (nSPS) is 10.3. The van der Waals surface area contributed by atoms with Gasteiger partial charge in [0.1, 0.15) is 5.82 Å². The van der Waals surface area contributed by atoms with Crippen molar-refractivity contribution in [3.63, 3.8) is 0 Å². The van der Waals surface area contributed by atoms with E-state index in [1.54, 1.807) is 37.0 Å². The Bertz CT molecular complexity index is 563. The fourth-order valence-electron chi connectivity index (χ4n) is 1.51. The van der Waals surface area contributed by atoms with Crippen molar-refractivity contribution in [2.24, 2.45) is 7.05 Å². The van der Waals surface area contributed by atoms with E-state index in [1.165, 1.54) is 12.3 Å². The van der Waals surface area contributed by atoms with Gasteiger partial charge in [0.25, 0.3) is 5.91 Å². The second-order valence-electron chi connectivity index (χ2n) is 3.79. The number of benzene rings is 1. The van der Waals surface area contributed by atoms with Gasteiger partial charge in [0.05, 0.1) is 17.4 Å². The molecule has 0 radical (unpaired) electrons.